The van der Waals surface area contributed by atoms with Gasteiger partial charge >= 0.3 is 6.18 Å². The van der Waals surface area contributed by atoms with E-state index in [4.69, 9.17) is 0 Å². The molecule has 0 aromatic heterocycles. The minimum Gasteiger partial charge on any atom is -0.206 e. The first kappa shape index (κ1) is 20.8. The van der Waals surface area contributed by atoms with Crippen molar-refractivity contribution >= 4 is 10.8 Å². The second-order valence-electron chi connectivity index (χ2n) is 6.36. The fraction of sp³-hybridized carbons (Fsp3) is 0.143. The average molecular weight is 416 g/mol. The van der Waals surface area contributed by atoms with E-state index in [0.29, 0.717) is 24.5 Å². The Hall–Kier alpha value is -2.90. The number of hydrogen-bond acceptors (Lipinski definition) is 0. The van der Waals surface area contributed by atoms with Crippen molar-refractivity contribution in [1.82, 2.24) is 0 Å². The van der Waals surface area contributed by atoms with E-state index in [1.54, 1.807) is 6.08 Å². The monoisotopic (exact) mass is 416 g/mol. The summed E-state index contributed by atoms with van der Waals surface area (Å²) in [5.41, 5.74) is -2.98. The van der Waals surface area contributed by atoms with E-state index < -0.39 is 62.7 Å². The van der Waals surface area contributed by atoms with E-state index in [1.807, 2.05) is 0 Å². The molecule has 152 valence electrons. The fourth-order valence-electron chi connectivity index (χ4n) is 3.13. The fourth-order valence-corrected chi connectivity index (χ4v) is 3.13. The van der Waals surface area contributed by atoms with Crippen molar-refractivity contribution in [3.63, 3.8) is 0 Å². The molecular formula is C21H12F8. The predicted octanol–water partition coefficient (Wildman–Crippen LogP) is 7.34. The zero-order valence-corrected chi connectivity index (χ0v) is 14.6. The molecule has 0 amide bonds. The van der Waals surface area contributed by atoms with Crippen molar-refractivity contribution in [3.05, 3.63) is 83.2 Å². The highest BCUT2D eigenvalue weighted by Gasteiger charge is 2.39. The Kier molecular flexibility index (Phi) is 5.38. The third-order valence-corrected chi connectivity index (χ3v) is 4.39. The van der Waals surface area contributed by atoms with Crippen LogP contribution >= 0.6 is 0 Å². The highest BCUT2D eigenvalue weighted by Crippen LogP contribution is 2.39. The Morgan fingerprint density at radius 2 is 1.41 bits per heavy atom. The van der Waals surface area contributed by atoms with Gasteiger partial charge in [-0.15, -0.1) is 6.58 Å². The van der Waals surface area contributed by atoms with Crippen molar-refractivity contribution in [2.24, 2.45) is 0 Å². The summed E-state index contributed by atoms with van der Waals surface area (Å²) in [5, 5.41) is -1.72. The molecule has 0 nitrogen and oxygen atoms in total. The maximum atomic E-state index is 14.4. The number of fused-ring (bicyclic) bond motifs is 1. The maximum Gasteiger partial charge on any atom is 0.422 e. The van der Waals surface area contributed by atoms with Gasteiger partial charge in [-0.05, 0) is 59.7 Å². The lowest BCUT2D eigenvalue weighted by Gasteiger charge is -2.14. The van der Waals surface area contributed by atoms with E-state index in [2.05, 4.69) is 6.58 Å². The number of benzene rings is 3. The smallest absolute Gasteiger partial charge is 0.206 e. The molecule has 0 aliphatic rings. The van der Waals surface area contributed by atoms with E-state index in [1.165, 1.54) is 0 Å². The standard InChI is InChI=1S/C21H12F8/c1-2-3-4-10-5-13(22)17(14(23)6-10)11-7-12-9-16(25)19(21(27,28)29)20(26)18(12)15(24)8-11/h2,5-9H,1,3-4H2. The van der Waals surface area contributed by atoms with Gasteiger partial charge in [0.25, 0.3) is 0 Å². The normalized spacial score (nSPS) is 11.9. The SMILES string of the molecule is C=CCCc1cc(F)c(-c2cc(F)c3c(F)c(C(F)(F)F)c(F)cc3c2)c(F)c1. The molecule has 3 aromatic carbocycles. The summed E-state index contributed by atoms with van der Waals surface area (Å²) in [5.74, 6) is -7.68. The van der Waals surface area contributed by atoms with E-state index in [-0.39, 0.29) is 6.07 Å². The summed E-state index contributed by atoms with van der Waals surface area (Å²) in [6.07, 6.45) is -3.06. The molecule has 0 spiro atoms. The largest absolute Gasteiger partial charge is 0.422 e. The Bertz CT molecular complexity index is 1090. The Morgan fingerprint density at radius 3 is 1.97 bits per heavy atom. The number of aryl methyl sites for hydroxylation is 1. The first-order chi connectivity index (χ1) is 13.5. The van der Waals surface area contributed by atoms with E-state index >= 15 is 0 Å². The van der Waals surface area contributed by atoms with Crippen LogP contribution < -0.4 is 0 Å². The Morgan fingerprint density at radius 1 is 0.793 bits per heavy atom. The lowest BCUT2D eigenvalue weighted by molar-refractivity contribution is -0.142. The maximum absolute atomic E-state index is 14.4. The third-order valence-electron chi connectivity index (χ3n) is 4.39. The zero-order chi connectivity index (χ0) is 21.5. The molecule has 29 heavy (non-hydrogen) atoms. The molecule has 0 aliphatic heterocycles. The van der Waals surface area contributed by atoms with Crippen LogP contribution in [0.2, 0.25) is 0 Å². The van der Waals surface area contributed by atoms with Crippen molar-refractivity contribution < 1.29 is 35.1 Å². The molecule has 0 fully saturated rings. The van der Waals surface area contributed by atoms with Crippen LogP contribution in [0.15, 0.2) is 43.0 Å². The van der Waals surface area contributed by atoms with Crippen LogP contribution in [0.1, 0.15) is 17.5 Å². The highest BCUT2D eigenvalue weighted by atomic mass is 19.4. The molecule has 0 heterocycles. The summed E-state index contributed by atoms with van der Waals surface area (Å²) in [4.78, 5) is 0. The molecule has 0 radical (unpaired) electrons. The average Bonchev–Trinajstić information content (AvgIpc) is 2.57. The number of allylic oxidation sites excluding steroid dienone is 1. The van der Waals surface area contributed by atoms with Crippen molar-refractivity contribution in [1.29, 1.82) is 0 Å². The van der Waals surface area contributed by atoms with Crippen LogP contribution in [-0.2, 0) is 12.6 Å². The Labute approximate surface area is 160 Å². The lowest BCUT2D eigenvalue weighted by atomic mass is 9.96. The molecular weight excluding hydrogens is 404 g/mol. The highest BCUT2D eigenvalue weighted by molar-refractivity contribution is 5.89. The van der Waals surface area contributed by atoms with Gasteiger partial charge in [0.1, 0.15) is 34.6 Å². The molecule has 0 N–H and O–H groups in total. The van der Waals surface area contributed by atoms with Gasteiger partial charge in [-0.25, -0.2) is 22.0 Å². The van der Waals surface area contributed by atoms with Gasteiger partial charge in [-0.3, -0.25) is 0 Å². The van der Waals surface area contributed by atoms with Crippen LogP contribution in [0.5, 0.6) is 0 Å². The summed E-state index contributed by atoms with van der Waals surface area (Å²) >= 11 is 0. The zero-order valence-electron chi connectivity index (χ0n) is 14.6. The summed E-state index contributed by atoms with van der Waals surface area (Å²) < 4.78 is 110. The van der Waals surface area contributed by atoms with Gasteiger partial charge in [0.05, 0.1) is 10.9 Å². The topological polar surface area (TPSA) is 0 Å². The van der Waals surface area contributed by atoms with Gasteiger partial charge in [0, 0.05) is 0 Å². The van der Waals surface area contributed by atoms with Crippen LogP contribution in [0.4, 0.5) is 35.1 Å². The Balaban J connectivity index is 2.22. The molecule has 8 heteroatoms. The third kappa shape index (κ3) is 3.83. The second-order valence-corrected chi connectivity index (χ2v) is 6.36. The molecule has 0 saturated carbocycles. The number of hydrogen-bond donors (Lipinski definition) is 0. The lowest BCUT2D eigenvalue weighted by Crippen LogP contribution is -2.12. The molecule has 0 atom stereocenters. The van der Waals surface area contributed by atoms with Gasteiger partial charge in [-0.1, -0.05) is 6.08 Å². The van der Waals surface area contributed by atoms with Crippen LogP contribution in [0.25, 0.3) is 21.9 Å². The quantitative estimate of drug-likeness (QED) is 0.308. The predicted molar refractivity (Wildman–Crippen MR) is 92.7 cm³/mol. The van der Waals surface area contributed by atoms with Crippen molar-refractivity contribution in [3.8, 4) is 11.1 Å². The minimum atomic E-state index is -5.38. The first-order valence-electron chi connectivity index (χ1n) is 8.32. The van der Waals surface area contributed by atoms with Crippen LogP contribution in [0, 0.1) is 29.1 Å². The summed E-state index contributed by atoms with van der Waals surface area (Å²) in [6.45, 7) is 3.50. The minimum absolute atomic E-state index is 0.280. The van der Waals surface area contributed by atoms with Gasteiger partial charge in [-0.2, -0.15) is 13.2 Å². The molecule has 0 aliphatic carbocycles. The van der Waals surface area contributed by atoms with Crippen LogP contribution in [-0.4, -0.2) is 0 Å². The number of halogens is 8. The van der Waals surface area contributed by atoms with Gasteiger partial charge in [0.2, 0.25) is 0 Å². The molecule has 0 bridgehead atoms. The van der Waals surface area contributed by atoms with Gasteiger partial charge < -0.3 is 0 Å². The van der Waals surface area contributed by atoms with E-state index in [0.717, 1.165) is 18.2 Å². The molecule has 0 unspecified atom stereocenters. The van der Waals surface area contributed by atoms with Crippen molar-refractivity contribution in [2.45, 2.75) is 19.0 Å². The first-order valence-corrected chi connectivity index (χ1v) is 8.32. The van der Waals surface area contributed by atoms with E-state index in [9.17, 15) is 35.1 Å². The second kappa shape index (κ2) is 7.50. The van der Waals surface area contributed by atoms with Crippen molar-refractivity contribution in [2.75, 3.05) is 0 Å². The summed E-state index contributed by atoms with van der Waals surface area (Å²) in [6, 6.07) is 3.67. The molecule has 3 aromatic rings. The van der Waals surface area contributed by atoms with Crippen LogP contribution in [0.3, 0.4) is 0 Å². The summed E-state index contributed by atoms with van der Waals surface area (Å²) in [7, 11) is 0. The molecule has 0 saturated heterocycles. The number of rotatable bonds is 4. The molecule has 3 rings (SSSR count). The van der Waals surface area contributed by atoms with Gasteiger partial charge in [0.15, 0.2) is 0 Å². The number of alkyl halides is 3.